The van der Waals surface area contributed by atoms with E-state index in [1.807, 2.05) is 0 Å². The summed E-state index contributed by atoms with van der Waals surface area (Å²) >= 11 is 0. The first kappa shape index (κ1) is 14.8. The Hall–Kier alpha value is -2.13. The zero-order chi connectivity index (χ0) is 15.5. The molecular formula is C19H23N3. The lowest BCUT2D eigenvalue weighted by Crippen LogP contribution is -2.12. The standard InChI is InChI=1S/C19H23N3/c1-14-10-11-18-17(13-14)21-19(9-6-12-20)22(18)15(2)16-7-4-3-5-8-16/h3-5,7-8,10-11,13,15H,6,9,12,20H2,1-2H3. The van der Waals surface area contributed by atoms with Gasteiger partial charge >= 0.3 is 0 Å². The molecule has 0 aliphatic rings. The van der Waals surface area contributed by atoms with Gasteiger partial charge in [0.2, 0.25) is 0 Å². The Balaban J connectivity index is 2.12. The monoisotopic (exact) mass is 293 g/mol. The molecule has 1 aromatic heterocycles. The van der Waals surface area contributed by atoms with Crippen molar-refractivity contribution < 1.29 is 0 Å². The number of rotatable bonds is 5. The third-order valence-corrected chi connectivity index (χ3v) is 4.19. The molecule has 1 atom stereocenters. The number of nitrogens with two attached hydrogens (primary N) is 1. The van der Waals surface area contributed by atoms with Gasteiger partial charge in [0.1, 0.15) is 5.82 Å². The van der Waals surface area contributed by atoms with Gasteiger partial charge in [0, 0.05) is 6.42 Å². The Morgan fingerprint density at radius 3 is 2.64 bits per heavy atom. The number of benzene rings is 2. The van der Waals surface area contributed by atoms with Gasteiger partial charge in [-0.1, -0.05) is 36.4 Å². The highest BCUT2D eigenvalue weighted by atomic mass is 15.1. The van der Waals surface area contributed by atoms with Gasteiger partial charge in [-0.2, -0.15) is 0 Å². The Morgan fingerprint density at radius 1 is 1.14 bits per heavy atom. The molecule has 0 radical (unpaired) electrons. The number of imidazole rings is 1. The number of hydrogen-bond donors (Lipinski definition) is 1. The molecule has 1 unspecified atom stereocenters. The van der Waals surface area contributed by atoms with E-state index in [2.05, 4.69) is 66.9 Å². The fourth-order valence-corrected chi connectivity index (χ4v) is 3.01. The van der Waals surface area contributed by atoms with Crippen LogP contribution in [0.4, 0.5) is 0 Å². The molecule has 22 heavy (non-hydrogen) atoms. The zero-order valence-electron chi connectivity index (χ0n) is 13.3. The highest BCUT2D eigenvalue weighted by Crippen LogP contribution is 2.27. The zero-order valence-corrected chi connectivity index (χ0v) is 13.3. The van der Waals surface area contributed by atoms with Crippen LogP contribution in [0.5, 0.6) is 0 Å². The summed E-state index contributed by atoms with van der Waals surface area (Å²) in [6, 6.07) is 17.4. The van der Waals surface area contributed by atoms with E-state index in [9.17, 15) is 0 Å². The molecule has 0 bridgehead atoms. The summed E-state index contributed by atoms with van der Waals surface area (Å²) in [4.78, 5) is 4.87. The number of fused-ring (bicyclic) bond motifs is 1. The van der Waals surface area contributed by atoms with Gasteiger partial charge in [0.25, 0.3) is 0 Å². The molecule has 0 fully saturated rings. The van der Waals surface area contributed by atoms with E-state index in [4.69, 9.17) is 10.7 Å². The summed E-state index contributed by atoms with van der Waals surface area (Å²) in [5.41, 5.74) is 10.5. The predicted molar refractivity (Wildman–Crippen MR) is 92.1 cm³/mol. The van der Waals surface area contributed by atoms with Crippen molar-refractivity contribution in [3.63, 3.8) is 0 Å². The average molecular weight is 293 g/mol. The maximum absolute atomic E-state index is 5.69. The van der Waals surface area contributed by atoms with E-state index in [1.165, 1.54) is 16.6 Å². The largest absolute Gasteiger partial charge is 0.330 e. The summed E-state index contributed by atoms with van der Waals surface area (Å²) in [5.74, 6) is 1.13. The van der Waals surface area contributed by atoms with Crippen molar-refractivity contribution in [1.29, 1.82) is 0 Å². The maximum Gasteiger partial charge on any atom is 0.110 e. The first-order chi connectivity index (χ1) is 10.7. The van der Waals surface area contributed by atoms with Crippen molar-refractivity contribution in [2.75, 3.05) is 6.54 Å². The van der Waals surface area contributed by atoms with Gasteiger partial charge in [0.15, 0.2) is 0 Å². The molecule has 0 aliphatic carbocycles. The molecule has 0 saturated carbocycles. The Morgan fingerprint density at radius 2 is 1.91 bits per heavy atom. The van der Waals surface area contributed by atoms with Gasteiger partial charge in [-0.3, -0.25) is 0 Å². The molecule has 114 valence electrons. The number of aryl methyl sites for hydroxylation is 2. The van der Waals surface area contributed by atoms with Crippen molar-refractivity contribution >= 4 is 11.0 Å². The second-order valence-electron chi connectivity index (χ2n) is 5.87. The second kappa shape index (κ2) is 6.32. The molecule has 1 heterocycles. The molecule has 3 rings (SSSR count). The van der Waals surface area contributed by atoms with Crippen molar-refractivity contribution in [1.82, 2.24) is 9.55 Å². The molecule has 0 aliphatic heterocycles. The van der Waals surface area contributed by atoms with Crippen molar-refractivity contribution in [2.45, 2.75) is 32.7 Å². The first-order valence-corrected chi connectivity index (χ1v) is 7.93. The summed E-state index contributed by atoms with van der Waals surface area (Å²) in [6.07, 6.45) is 1.88. The summed E-state index contributed by atoms with van der Waals surface area (Å²) < 4.78 is 2.36. The highest BCUT2D eigenvalue weighted by molar-refractivity contribution is 5.77. The fraction of sp³-hybridized carbons (Fsp3) is 0.316. The van der Waals surface area contributed by atoms with Gasteiger partial charge in [0.05, 0.1) is 17.1 Å². The van der Waals surface area contributed by atoms with Crippen molar-refractivity contribution in [2.24, 2.45) is 5.73 Å². The maximum atomic E-state index is 5.69. The van der Waals surface area contributed by atoms with Crippen LogP contribution in [-0.4, -0.2) is 16.1 Å². The minimum Gasteiger partial charge on any atom is -0.330 e. The summed E-state index contributed by atoms with van der Waals surface area (Å²) in [5, 5.41) is 0. The van der Waals surface area contributed by atoms with Crippen LogP contribution in [0, 0.1) is 6.92 Å². The van der Waals surface area contributed by atoms with E-state index < -0.39 is 0 Å². The molecule has 3 aromatic rings. The average Bonchev–Trinajstić information content (AvgIpc) is 2.90. The Labute approximate surface area is 131 Å². The van der Waals surface area contributed by atoms with Gasteiger partial charge in [-0.15, -0.1) is 0 Å². The van der Waals surface area contributed by atoms with Crippen molar-refractivity contribution in [3.8, 4) is 0 Å². The van der Waals surface area contributed by atoms with E-state index in [1.54, 1.807) is 0 Å². The summed E-state index contributed by atoms with van der Waals surface area (Å²) in [6.45, 7) is 5.04. The second-order valence-corrected chi connectivity index (χ2v) is 5.87. The topological polar surface area (TPSA) is 43.8 Å². The van der Waals surface area contributed by atoms with Gasteiger partial charge < -0.3 is 10.3 Å². The highest BCUT2D eigenvalue weighted by Gasteiger charge is 2.16. The van der Waals surface area contributed by atoms with Crippen LogP contribution in [0.15, 0.2) is 48.5 Å². The smallest absolute Gasteiger partial charge is 0.110 e. The molecule has 0 spiro atoms. The van der Waals surface area contributed by atoms with Gasteiger partial charge in [-0.05, 0) is 50.1 Å². The summed E-state index contributed by atoms with van der Waals surface area (Å²) in [7, 11) is 0. The van der Waals surface area contributed by atoms with E-state index in [-0.39, 0.29) is 6.04 Å². The normalized spacial score (nSPS) is 12.7. The SMILES string of the molecule is Cc1ccc2c(c1)nc(CCCN)n2C(C)c1ccccc1. The fourth-order valence-electron chi connectivity index (χ4n) is 3.01. The Bertz CT molecular complexity index is 759. The van der Waals surface area contributed by atoms with Crippen LogP contribution in [0.2, 0.25) is 0 Å². The quantitative estimate of drug-likeness (QED) is 0.776. The van der Waals surface area contributed by atoms with Crippen LogP contribution in [0.25, 0.3) is 11.0 Å². The number of aromatic nitrogens is 2. The third-order valence-electron chi connectivity index (χ3n) is 4.19. The first-order valence-electron chi connectivity index (χ1n) is 7.93. The molecule has 3 heteroatoms. The van der Waals surface area contributed by atoms with E-state index >= 15 is 0 Å². The van der Waals surface area contributed by atoms with Crippen LogP contribution in [0.1, 0.15) is 36.3 Å². The molecular weight excluding hydrogens is 270 g/mol. The van der Waals surface area contributed by atoms with Crippen LogP contribution < -0.4 is 5.73 Å². The van der Waals surface area contributed by atoms with Crippen LogP contribution in [-0.2, 0) is 6.42 Å². The lowest BCUT2D eigenvalue weighted by atomic mass is 10.1. The number of nitrogens with zero attached hydrogens (tertiary/aromatic N) is 2. The third kappa shape index (κ3) is 2.77. The lowest BCUT2D eigenvalue weighted by molar-refractivity contribution is 0.607. The van der Waals surface area contributed by atoms with Gasteiger partial charge in [-0.25, -0.2) is 4.98 Å². The van der Waals surface area contributed by atoms with E-state index in [0.717, 1.165) is 24.2 Å². The molecule has 2 aromatic carbocycles. The van der Waals surface area contributed by atoms with E-state index in [0.29, 0.717) is 6.54 Å². The van der Waals surface area contributed by atoms with Crippen LogP contribution in [0.3, 0.4) is 0 Å². The Kier molecular flexibility index (Phi) is 4.25. The van der Waals surface area contributed by atoms with Crippen molar-refractivity contribution in [3.05, 3.63) is 65.5 Å². The lowest BCUT2D eigenvalue weighted by Gasteiger charge is -2.18. The molecule has 3 nitrogen and oxygen atoms in total. The molecule has 2 N–H and O–H groups in total. The molecule has 0 amide bonds. The molecule has 0 saturated heterocycles. The minimum absolute atomic E-state index is 0.265. The minimum atomic E-state index is 0.265. The number of hydrogen-bond acceptors (Lipinski definition) is 2. The van der Waals surface area contributed by atoms with Crippen LogP contribution >= 0.6 is 0 Å². The predicted octanol–water partition coefficient (Wildman–Crippen LogP) is 3.85.